The molecule has 1 aromatic rings. The third kappa shape index (κ3) is 9.24. The first-order valence-corrected chi connectivity index (χ1v) is 13.7. The van der Waals surface area contributed by atoms with Crippen molar-refractivity contribution >= 4 is 41.1 Å². The van der Waals surface area contributed by atoms with E-state index in [-0.39, 0.29) is 36.0 Å². The summed E-state index contributed by atoms with van der Waals surface area (Å²) >= 11 is 1.67. The number of amides is 3. The van der Waals surface area contributed by atoms with E-state index in [1.165, 1.54) is 32.9 Å². The Morgan fingerprint density at radius 2 is 1.82 bits per heavy atom. The summed E-state index contributed by atoms with van der Waals surface area (Å²) in [5.41, 5.74) is 0.899. The van der Waals surface area contributed by atoms with E-state index >= 15 is 0 Å². The molecule has 216 valence electrons. The van der Waals surface area contributed by atoms with Crippen LogP contribution in [-0.2, 0) is 23.9 Å². The van der Waals surface area contributed by atoms with Crippen LogP contribution in [0.3, 0.4) is 0 Å². The molecule has 1 aromatic carbocycles. The molecule has 0 saturated carbocycles. The first-order chi connectivity index (χ1) is 18.4. The molecule has 1 fully saturated rings. The van der Waals surface area contributed by atoms with Gasteiger partial charge in [-0.1, -0.05) is 6.92 Å². The molecular formula is C26H37N3O9S. The number of hydrogen-bond donors (Lipinski definition) is 6. The number of aliphatic hydroxyl groups excluding tert-OH is 2. The normalized spacial score (nSPS) is 22.7. The highest BCUT2D eigenvalue weighted by Gasteiger charge is 2.52. The third-order valence-electron chi connectivity index (χ3n) is 5.89. The predicted octanol–water partition coefficient (Wildman–Crippen LogP) is 1.24. The summed E-state index contributed by atoms with van der Waals surface area (Å²) in [4.78, 5) is 47.8. The Morgan fingerprint density at radius 3 is 2.38 bits per heavy atom. The molecule has 6 N–H and O–H groups in total. The van der Waals surface area contributed by atoms with Crippen molar-refractivity contribution in [2.45, 2.75) is 64.6 Å². The van der Waals surface area contributed by atoms with Gasteiger partial charge in [0.15, 0.2) is 0 Å². The second-order valence-corrected chi connectivity index (χ2v) is 10.4. The fourth-order valence-corrected chi connectivity index (χ4v) is 4.51. The van der Waals surface area contributed by atoms with Crippen molar-refractivity contribution in [3.05, 3.63) is 41.2 Å². The summed E-state index contributed by atoms with van der Waals surface area (Å²) in [6.07, 6.45) is -2.64. The zero-order valence-corrected chi connectivity index (χ0v) is 23.3. The third-order valence-corrected chi connectivity index (χ3v) is 6.87. The Hall–Kier alpha value is -3.13. The van der Waals surface area contributed by atoms with Gasteiger partial charge in [-0.25, -0.2) is 4.79 Å². The van der Waals surface area contributed by atoms with E-state index < -0.39 is 48.2 Å². The van der Waals surface area contributed by atoms with Gasteiger partial charge in [0, 0.05) is 31.6 Å². The minimum atomic E-state index is -2.22. The van der Waals surface area contributed by atoms with Crippen molar-refractivity contribution in [3.8, 4) is 0 Å². The molecule has 1 aliphatic heterocycles. The van der Waals surface area contributed by atoms with Crippen LogP contribution in [0, 0.1) is 0 Å². The number of nitrogens with one attached hydrogen (secondary N) is 3. The average molecular weight is 568 g/mol. The van der Waals surface area contributed by atoms with Crippen LogP contribution in [0.1, 0.15) is 50.9 Å². The summed E-state index contributed by atoms with van der Waals surface area (Å²) in [5, 5.41) is 39.4. The minimum Gasteiger partial charge on any atom is -0.476 e. The highest BCUT2D eigenvalue weighted by atomic mass is 32.2. The SMILES string of the molecule is CCSCCCO[C@]1(C(=O)O)C[C@H](O)[C@@H](NC(C)=O)/C(=C(\C)[C@H](O)CNC(=O)c2ccc(NC(C)=O)cc2)O1. The Kier molecular flexibility index (Phi) is 12.2. The molecule has 0 bridgehead atoms. The van der Waals surface area contributed by atoms with Crippen molar-refractivity contribution in [3.63, 3.8) is 0 Å². The molecule has 1 aliphatic rings. The van der Waals surface area contributed by atoms with Gasteiger partial charge >= 0.3 is 11.8 Å². The van der Waals surface area contributed by atoms with Crippen LogP contribution in [0.25, 0.3) is 0 Å². The number of carboxylic acids is 1. The van der Waals surface area contributed by atoms with Gasteiger partial charge in [0.05, 0.1) is 25.2 Å². The van der Waals surface area contributed by atoms with Crippen molar-refractivity contribution in [1.29, 1.82) is 0 Å². The van der Waals surface area contributed by atoms with Gasteiger partial charge in [-0.15, -0.1) is 0 Å². The van der Waals surface area contributed by atoms with E-state index in [9.17, 15) is 34.5 Å². The quantitative estimate of drug-likeness (QED) is 0.190. The molecule has 1 heterocycles. The van der Waals surface area contributed by atoms with Gasteiger partial charge in [-0.05, 0) is 54.7 Å². The van der Waals surface area contributed by atoms with Gasteiger partial charge in [-0.3, -0.25) is 14.4 Å². The van der Waals surface area contributed by atoms with Crippen molar-refractivity contribution in [2.75, 3.05) is 30.0 Å². The Labute approximate surface area is 231 Å². The van der Waals surface area contributed by atoms with Gasteiger partial charge < -0.3 is 40.7 Å². The number of anilines is 1. The van der Waals surface area contributed by atoms with E-state index in [2.05, 4.69) is 16.0 Å². The lowest BCUT2D eigenvalue weighted by Crippen LogP contribution is -2.59. The number of rotatable bonds is 13. The zero-order chi connectivity index (χ0) is 29.2. The minimum absolute atomic E-state index is 0.0580. The smallest absolute Gasteiger partial charge is 0.377 e. The molecule has 12 nitrogen and oxygen atoms in total. The summed E-state index contributed by atoms with van der Waals surface area (Å²) in [6, 6.07) is 4.98. The largest absolute Gasteiger partial charge is 0.476 e. The predicted molar refractivity (Wildman–Crippen MR) is 145 cm³/mol. The summed E-state index contributed by atoms with van der Waals surface area (Å²) < 4.78 is 11.4. The van der Waals surface area contributed by atoms with Crippen LogP contribution in [0.2, 0.25) is 0 Å². The van der Waals surface area contributed by atoms with E-state index in [0.717, 1.165) is 11.5 Å². The number of hydrogen-bond acceptors (Lipinski definition) is 9. The molecule has 1 saturated heterocycles. The highest BCUT2D eigenvalue weighted by Crippen LogP contribution is 2.35. The molecule has 0 radical (unpaired) electrons. The number of aliphatic carboxylic acids is 1. The molecule has 2 rings (SSSR count). The molecule has 3 amide bonds. The highest BCUT2D eigenvalue weighted by molar-refractivity contribution is 7.99. The number of carboxylic acid groups (broad SMARTS) is 1. The van der Waals surface area contributed by atoms with Crippen molar-refractivity contribution in [1.82, 2.24) is 10.6 Å². The van der Waals surface area contributed by atoms with E-state index in [0.29, 0.717) is 12.1 Å². The number of carbonyl (C=O) groups is 4. The Bertz CT molecular complexity index is 1060. The summed E-state index contributed by atoms with van der Waals surface area (Å²) in [7, 11) is 0. The van der Waals surface area contributed by atoms with Crippen LogP contribution >= 0.6 is 11.8 Å². The molecule has 13 heteroatoms. The van der Waals surface area contributed by atoms with Crippen LogP contribution in [0.15, 0.2) is 35.6 Å². The van der Waals surface area contributed by atoms with E-state index in [1.807, 2.05) is 6.92 Å². The maximum atomic E-state index is 12.6. The van der Waals surface area contributed by atoms with Gasteiger partial charge in [-0.2, -0.15) is 11.8 Å². The number of ether oxygens (including phenoxy) is 2. The maximum Gasteiger partial charge on any atom is 0.377 e. The summed E-state index contributed by atoms with van der Waals surface area (Å²) in [6.45, 7) is 5.83. The van der Waals surface area contributed by atoms with Crippen molar-refractivity contribution in [2.24, 2.45) is 0 Å². The number of benzene rings is 1. The average Bonchev–Trinajstić information content (AvgIpc) is 2.87. The number of aliphatic hydroxyl groups is 2. The fraction of sp³-hybridized carbons (Fsp3) is 0.538. The van der Waals surface area contributed by atoms with Crippen LogP contribution in [0.5, 0.6) is 0 Å². The molecule has 0 aromatic heterocycles. The fourth-order valence-electron chi connectivity index (χ4n) is 3.90. The molecular weight excluding hydrogens is 530 g/mol. The zero-order valence-electron chi connectivity index (χ0n) is 22.5. The van der Waals surface area contributed by atoms with Gasteiger partial charge in [0.2, 0.25) is 11.8 Å². The van der Waals surface area contributed by atoms with Crippen LogP contribution in [0.4, 0.5) is 5.69 Å². The van der Waals surface area contributed by atoms with E-state index in [4.69, 9.17) is 9.47 Å². The Morgan fingerprint density at radius 1 is 1.15 bits per heavy atom. The van der Waals surface area contributed by atoms with Gasteiger partial charge in [0.25, 0.3) is 5.91 Å². The van der Waals surface area contributed by atoms with Crippen LogP contribution < -0.4 is 16.0 Å². The van der Waals surface area contributed by atoms with E-state index in [1.54, 1.807) is 23.9 Å². The maximum absolute atomic E-state index is 12.6. The molecule has 0 spiro atoms. The summed E-state index contributed by atoms with van der Waals surface area (Å²) in [5.74, 6) is -3.44. The van der Waals surface area contributed by atoms with Gasteiger partial charge in [0.1, 0.15) is 11.8 Å². The molecule has 4 atom stereocenters. The monoisotopic (exact) mass is 567 g/mol. The topological polar surface area (TPSA) is 184 Å². The lowest BCUT2D eigenvalue weighted by atomic mass is 9.92. The number of carbonyl (C=O) groups excluding carboxylic acids is 3. The number of thioether (sulfide) groups is 1. The molecule has 0 aliphatic carbocycles. The lowest BCUT2D eigenvalue weighted by Gasteiger charge is -2.42. The standard InChI is InChI=1S/C26H37N3O9S/c1-5-39-12-6-11-37-26(25(35)36)13-20(32)22(29-17(4)31)23(38-26)15(2)21(33)14-27-24(34)18-7-9-19(10-8-18)28-16(3)30/h7-10,20-22,32-33H,5-6,11-14H2,1-4H3,(H,27,34)(H,28,30)(H,29,31)(H,35,36)/b23-15-/t20-,21+,22+,26+/m0/s1. The molecule has 39 heavy (non-hydrogen) atoms. The second kappa shape index (κ2) is 14.9. The molecule has 0 unspecified atom stereocenters. The first-order valence-electron chi connectivity index (χ1n) is 12.5. The second-order valence-electron chi connectivity index (χ2n) is 9.04. The van der Waals surface area contributed by atoms with Crippen molar-refractivity contribution < 1.29 is 44.0 Å². The Balaban J connectivity index is 2.22. The first kappa shape index (κ1) is 32.1. The van der Waals surface area contributed by atoms with Crippen LogP contribution in [-0.4, -0.2) is 87.7 Å². The lowest BCUT2D eigenvalue weighted by molar-refractivity contribution is -0.256.